The summed E-state index contributed by atoms with van der Waals surface area (Å²) in [5.74, 6) is -0.0689. The summed E-state index contributed by atoms with van der Waals surface area (Å²) in [6.45, 7) is 0.288. The average Bonchev–Trinajstić information content (AvgIpc) is 2.68. The van der Waals surface area contributed by atoms with Crippen molar-refractivity contribution in [2.75, 3.05) is 12.3 Å². The third-order valence-electron chi connectivity index (χ3n) is 2.51. The standard InChI is InChI=1S/C8H13N5O3S/c9-8-6(4-11-12-8)17(15,16)13-5-1-2-7(14)10-3-5/h4-5,13H,1-3H2,(H,10,14)(H3,9,11,12). The van der Waals surface area contributed by atoms with Crippen molar-refractivity contribution >= 4 is 21.7 Å². The number of nitrogens with one attached hydrogen (secondary N) is 3. The molecule has 1 aliphatic rings. The highest BCUT2D eigenvalue weighted by molar-refractivity contribution is 7.89. The van der Waals surface area contributed by atoms with Gasteiger partial charge in [0.1, 0.15) is 10.7 Å². The topological polar surface area (TPSA) is 130 Å². The lowest BCUT2D eigenvalue weighted by Gasteiger charge is -2.22. The average molecular weight is 259 g/mol. The molecule has 0 aromatic carbocycles. The quantitative estimate of drug-likeness (QED) is 0.527. The molecule has 1 atom stereocenters. The van der Waals surface area contributed by atoms with Gasteiger partial charge in [-0.15, -0.1) is 0 Å². The predicted molar refractivity (Wildman–Crippen MR) is 59.4 cm³/mol. The summed E-state index contributed by atoms with van der Waals surface area (Å²) in [5.41, 5.74) is 5.45. The summed E-state index contributed by atoms with van der Waals surface area (Å²) in [7, 11) is -3.68. The van der Waals surface area contributed by atoms with Gasteiger partial charge in [0.05, 0.1) is 6.20 Å². The second-order valence-corrected chi connectivity index (χ2v) is 5.49. The molecule has 9 heteroatoms. The smallest absolute Gasteiger partial charge is 0.246 e. The largest absolute Gasteiger partial charge is 0.383 e. The molecule has 2 rings (SSSR count). The number of amides is 1. The molecule has 0 aliphatic carbocycles. The molecule has 5 N–H and O–H groups in total. The van der Waals surface area contributed by atoms with E-state index in [1.54, 1.807) is 0 Å². The van der Waals surface area contributed by atoms with Crippen LogP contribution in [0, 0.1) is 0 Å². The molecule has 0 radical (unpaired) electrons. The van der Waals surface area contributed by atoms with Crippen molar-refractivity contribution < 1.29 is 13.2 Å². The number of anilines is 1. The predicted octanol–water partition coefficient (Wildman–Crippen LogP) is -1.45. The minimum absolute atomic E-state index is 0.00246. The van der Waals surface area contributed by atoms with E-state index >= 15 is 0 Å². The van der Waals surface area contributed by atoms with Crippen LogP contribution >= 0.6 is 0 Å². The van der Waals surface area contributed by atoms with Crippen LogP contribution < -0.4 is 15.8 Å². The molecule has 0 bridgehead atoms. The van der Waals surface area contributed by atoms with E-state index in [1.807, 2.05) is 0 Å². The normalized spacial score (nSPS) is 21.2. The van der Waals surface area contributed by atoms with Crippen molar-refractivity contribution in [3.63, 3.8) is 0 Å². The number of H-pyrrole nitrogens is 1. The van der Waals surface area contributed by atoms with Crippen molar-refractivity contribution in [1.82, 2.24) is 20.2 Å². The summed E-state index contributed by atoms with van der Waals surface area (Å²) in [5, 5.41) is 8.51. The molecular weight excluding hydrogens is 246 g/mol. The molecule has 2 heterocycles. The van der Waals surface area contributed by atoms with Crippen LogP contribution in [0.3, 0.4) is 0 Å². The number of sulfonamides is 1. The SMILES string of the molecule is Nc1[nH]ncc1S(=O)(=O)NC1CCC(=O)NC1. The summed E-state index contributed by atoms with van der Waals surface area (Å²) in [6.07, 6.45) is 1.94. The number of aromatic nitrogens is 2. The molecule has 1 aliphatic heterocycles. The van der Waals surface area contributed by atoms with Gasteiger partial charge in [-0.1, -0.05) is 0 Å². The Morgan fingerprint density at radius 3 is 2.82 bits per heavy atom. The van der Waals surface area contributed by atoms with Crippen molar-refractivity contribution in [2.45, 2.75) is 23.8 Å². The van der Waals surface area contributed by atoms with Crippen LogP contribution in [0.2, 0.25) is 0 Å². The van der Waals surface area contributed by atoms with Gasteiger partial charge >= 0.3 is 0 Å². The Balaban J connectivity index is 2.08. The zero-order chi connectivity index (χ0) is 12.5. The van der Waals surface area contributed by atoms with E-state index in [-0.39, 0.29) is 29.2 Å². The Morgan fingerprint density at radius 1 is 1.53 bits per heavy atom. The van der Waals surface area contributed by atoms with Gasteiger partial charge < -0.3 is 11.1 Å². The number of hydrogen-bond acceptors (Lipinski definition) is 5. The van der Waals surface area contributed by atoms with Crippen LogP contribution in [0.15, 0.2) is 11.1 Å². The van der Waals surface area contributed by atoms with Gasteiger partial charge in [-0.05, 0) is 6.42 Å². The third kappa shape index (κ3) is 2.56. The van der Waals surface area contributed by atoms with E-state index in [0.717, 1.165) is 6.20 Å². The lowest BCUT2D eigenvalue weighted by molar-refractivity contribution is -0.122. The molecule has 1 saturated heterocycles. The maximum absolute atomic E-state index is 11.9. The van der Waals surface area contributed by atoms with Crippen molar-refractivity contribution in [2.24, 2.45) is 0 Å². The fourth-order valence-electron chi connectivity index (χ4n) is 1.62. The Morgan fingerprint density at radius 2 is 2.29 bits per heavy atom. The molecule has 17 heavy (non-hydrogen) atoms. The first-order valence-electron chi connectivity index (χ1n) is 5.07. The maximum atomic E-state index is 11.9. The Hall–Kier alpha value is -1.61. The summed E-state index contributed by atoms with van der Waals surface area (Å²) >= 11 is 0. The molecule has 1 fully saturated rings. The molecule has 1 aromatic heterocycles. The number of nitrogen functional groups attached to an aromatic ring is 1. The summed E-state index contributed by atoms with van der Waals surface area (Å²) < 4.78 is 26.3. The lowest BCUT2D eigenvalue weighted by Crippen LogP contribution is -2.47. The Bertz CT molecular complexity index is 513. The third-order valence-corrected chi connectivity index (χ3v) is 4.06. The molecule has 8 nitrogen and oxygen atoms in total. The van der Waals surface area contributed by atoms with Gasteiger partial charge in [0.2, 0.25) is 15.9 Å². The Labute approximate surface area is 98.0 Å². The van der Waals surface area contributed by atoms with E-state index in [2.05, 4.69) is 20.2 Å². The van der Waals surface area contributed by atoms with Crippen LogP contribution in [-0.2, 0) is 14.8 Å². The van der Waals surface area contributed by atoms with Gasteiger partial charge in [0.25, 0.3) is 0 Å². The lowest BCUT2D eigenvalue weighted by atomic mass is 10.1. The second kappa shape index (κ2) is 4.34. The van der Waals surface area contributed by atoms with Crippen LogP contribution in [-0.4, -0.2) is 37.1 Å². The monoisotopic (exact) mass is 259 g/mol. The first-order chi connectivity index (χ1) is 7.99. The van der Waals surface area contributed by atoms with E-state index in [0.29, 0.717) is 12.8 Å². The van der Waals surface area contributed by atoms with Gasteiger partial charge in [0, 0.05) is 19.0 Å². The minimum Gasteiger partial charge on any atom is -0.383 e. The number of aromatic amines is 1. The number of rotatable bonds is 3. The first kappa shape index (κ1) is 11.9. The molecule has 1 unspecified atom stereocenters. The number of hydrogen-bond donors (Lipinski definition) is 4. The minimum atomic E-state index is -3.68. The van der Waals surface area contributed by atoms with E-state index in [4.69, 9.17) is 5.73 Å². The number of carbonyl (C=O) groups excluding carboxylic acids is 1. The molecule has 1 aromatic rings. The zero-order valence-electron chi connectivity index (χ0n) is 8.93. The van der Waals surface area contributed by atoms with Crippen LogP contribution in [0.25, 0.3) is 0 Å². The van der Waals surface area contributed by atoms with Crippen LogP contribution in [0.1, 0.15) is 12.8 Å². The van der Waals surface area contributed by atoms with Gasteiger partial charge in [-0.3, -0.25) is 9.89 Å². The zero-order valence-corrected chi connectivity index (χ0v) is 9.75. The highest BCUT2D eigenvalue weighted by Gasteiger charge is 2.26. The van der Waals surface area contributed by atoms with E-state index < -0.39 is 10.0 Å². The van der Waals surface area contributed by atoms with Gasteiger partial charge in [-0.2, -0.15) is 5.10 Å². The fraction of sp³-hybridized carbons (Fsp3) is 0.500. The highest BCUT2D eigenvalue weighted by Crippen LogP contribution is 2.15. The van der Waals surface area contributed by atoms with Crippen LogP contribution in [0.5, 0.6) is 0 Å². The molecule has 94 valence electrons. The molecule has 1 amide bonds. The summed E-state index contributed by atoms with van der Waals surface area (Å²) in [4.78, 5) is 10.9. The number of carbonyl (C=O) groups is 1. The molecular formula is C8H13N5O3S. The Kier molecular flexibility index (Phi) is 3.03. The molecule has 0 saturated carbocycles. The highest BCUT2D eigenvalue weighted by atomic mass is 32.2. The van der Waals surface area contributed by atoms with Gasteiger partial charge in [0.15, 0.2) is 0 Å². The van der Waals surface area contributed by atoms with Crippen molar-refractivity contribution in [3.05, 3.63) is 6.20 Å². The number of piperidine rings is 1. The summed E-state index contributed by atoms with van der Waals surface area (Å²) in [6, 6.07) is -0.313. The van der Waals surface area contributed by atoms with E-state index in [9.17, 15) is 13.2 Å². The van der Waals surface area contributed by atoms with Gasteiger partial charge in [-0.25, -0.2) is 13.1 Å². The number of nitrogens with two attached hydrogens (primary N) is 1. The van der Waals surface area contributed by atoms with Crippen molar-refractivity contribution in [3.8, 4) is 0 Å². The van der Waals surface area contributed by atoms with E-state index in [1.165, 1.54) is 0 Å². The molecule has 0 spiro atoms. The maximum Gasteiger partial charge on any atom is 0.246 e. The van der Waals surface area contributed by atoms with Crippen molar-refractivity contribution in [1.29, 1.82) is 0 Å². The fourth-order valence-corrected chi connectivity index (χ4v) is 2.91. The number of nitrogens with zero attached hydrogens (tertiary/aromatic N) is 1. The van der Waals surface area contributed by atoms with Crippen LogP contribution in [0.4, 0.5) is 5.82 Å². The second-order valence-electron chi connectivity index (χ2n) is 3.81. The first-order valence-corrected chi connectivity index (χ1v) is 6.55.